The zero-order valence-corrected chi connectivity index (χ0v) is 13.3. The zero-order chi connectivity index (χ0) is 14.8. The van der Waals surface area contributed by atoms with E-state index in [0.717, 1.165) is 31.2 Å². The van der Waals surface area contributed by atoms with Gasteiger partial charge in [0.05, 0.1) is 4.90 Å². The highest BCUT2D eigenvalue weighted by Crippen LogP contribution is 2.30. The first-order chi connectivity index (χ1) is 9.46. The average molecular weight is 314 g/mol. The van der Waals surface area contributed by atoms with Crippen LogP contribution in [-0.2, 0) is 10.0 Å². The van der Waals surface area contributed by atoms with Gasteiger partial charge in [-0.25, -0.2) is 8.42 Å². The molecule has 1 saturated carbocycles. The Hall–Kier alpha value is -0.840. The molecule has 1 aromatic rings. The molecular weight excluding hydrogens is 294 g/mol. The van der Waals surface area contributed by atoms with E-state index in [1.165, 1.54) is 6.07 Å². The number of hydrogen-bond donors (Lipinski definition) is 0. The van der Waals surface area contributed by atoms with Crippen LogP contribution in [0.1, 0.15) is 31.2 Å². The first-order valence-electron chi connectivity index (χ1n) is 6.85. The zero-order valence-electron chi connectivity index (χ0n) is 11.7. The highest BCUT2D eigenvalue weighted by molar-refractivity contribution is 7.89. The van der Waals surface area contributed by atoms with E-state index in [1.807, 2.05) is 6.92 Å². The van der Waals surface area contributed by atoms with Crippen LogP contribution < -0.4 is 0 Å². The van der Waals surface area contributed by atoms with Gasteiger partial charge < -0.3 is 0 Å². The number of rotatable bonds is 5. The molecule has 3 nitrogen and oxygen atoms in total. The van der Waals surface area contributed by atoms with Gasteiger partial charge >= 0.3 is 0 Å². The number of aryl methyl sites for hydroxylation is 1. The molecule has 5 heteroatoms. The number of benzene rings is 1. The summed E-state index contributed by atoms with van der Waals surface area (Å²) in [6, 6.07) is 4.99. The molecule has 0 spiro atoms. The Labute approximate surface area is 126 Å². The van der Waals surface area contributed by atoms with Gasteiger partial charge in [0.15, 0.2) is 0 Å². The smallest absolute Gasteiger partial charge is 0.207 e. The Bertz CT molecular complexity index is 592. The Morgan fingerprint density at radius 3 is 2.60 bits per heavy atom. The van der Waals surface area contributed by atoms with Crippen LogP contribution in [0.2, 0.25) is 5.02 Å². The van der Waals surface area contributed by atoms with E-state index in [-0.39, 0.29) is 10.9 Å². The van der Waals surface area contributed by atoms with Crippen LogP contribution in [0.3, 0.4) is 0 Å². The van der Waals surface area contributed by atoms with Gasteiger partial charge in [0.1, 0.15) is 0 Å². The third kappa shape index (κ3) is 3.08. The van der Waals surface area contributed by atoms with Crippen LogP contribution in [0.25, 0.3) is 0 Å². The summed E-state index contributed by atoms with van der Waals surface area (Å²) < 4.78 is 27.1. The van der Waals surface area contributed by atoms with Gasteiger partial charge in [0, 0.05) is 17.6 Å². The first-order valence-corrected chi connectivity index (χ1v) is 8.67. The molecule has 0 aliphatic heterocycles. The molecule has 1 aliphatic carbocycles. The molecule has 0 bridgehead atoms. The fourth-order valence-corrected chi connectivity index (χ4v) is 4.56. The minimum Gasteiger partial charge on any atom is -0.207 e. The van der Waals surface area contributed by atoms with Gasteiger partial charge in [0.2, 0.25) is 10.0 Å². The summed E-state index contributed by atoms with van der Waals surface area (Å²) in [5, 5.41) is 0.482. The van der Waals surface area contributed by atoms with Crippen molar-refractivity contribution in [3.8, 4) is 0 Å². The van der Waals surface area contributed by atoms with Crippen molar-refractivity contribution in [3.63, 3.8) is 0 Å². The molecule has 20 heavy (non-hydrogen) atoms. The van der Waals surface area contributed by atoms with E-state index in [0.29, 0.717) is 11.6 Å². The Morgan fingerprint density at radius 1 is 1.40 bits per heavy atom. The molecule has 0 amide bonds. The van der Waals surface area contributed by atoms with Crippen molar-refractivity contribution in [1.82, 2.24) is 4.31 Å². The molecule has 1 fully saturated rings. The molecule has 0 heterocycles. The maximum Gasteiger partial charge on any atom is 0.243 e. The summed E-state index contributed by atoms with van der Waals surface area (Å²) in [7, 11) is -3.51. The van der Waals surface area contributed by atoms with Crippen LogP contribution in [0.4, 0.5) is 0 Å². The third-order valence-electron chi connectivity index (χ3n) is 3.79. The highest BCUT2D eigenvalue weighted by Gasteiger charge is 2.32. The lowest BCUT2D eigenvalue weighted by Gasteiger charge is -2.27. The van der Waals surface area contributed by atoms with Gasteiger partial charge in [-0.2, -0.15) is 4.31 Å². The minimum absolute atomic E-state index is 0.0816. The maximum absolute atomic E-state index is 12.8. The second-order valence-corrected chi connectivity index (χ2v) is 7.51. The summed E-state index contributed by atoms with van der Waals surface area (Å²) in [6.07, 6.45) is 5.66. The first kappa shape index (κ1) is 15.5. The number of nitrogens with zero attached hydrogens (tertiary/aromatic N) is 1. The SMILES string of the molecule is C=CCN(C1CCCC1)S(=O)(=O)c1ccc(C)c(Cl)c1. The molecule has 0 saturated heterocycles. The monoisotopic (exact) mass is 313 g/mol. The third-order valence-corrected chi connectivity index (χ3v) is 6.11. The average Bonchev–Trinajstić information content (AvgIpc) is 2.92. The van der Waals surface area contributed by atoms with E-state index < -0.39 is 10.0 Å². The van der Waals surface area contributed by atoms with Crippen molar-refractivity contribution in [3.05, 3.63) is 41.4 Å². The second kappa shape index (κ2) is 6.29. The molecule has 0 radical (unpaired) electrons. The van der Waals surface area contributed by atoms with E-state index in [2.05, 4.69) is 6.58 Å². The molecule has 110 valence electrons. The molecule has 0 aromatic heterocycles. The van der Waals surface area contributed by atoms with Crippen molar-refractivity contribution in [1.29, 1.82) is 0 Å². The van der Waals surface area contributed by atoms with Gasteiger partial charge in [-0.1, -0.05) is 36.6 Å². The summed E-state index contributed by atoms with van der Waals surface area (Å²) in [4.78, 5) is 0.266. The predicted octanol–water partition coefficient (Wildman–Crippen LogP) is 3.77. The molecule has 1 aliphatic rings. The van der Waals surface area contributed by atoms with Crippen molar-refractivity contribution in [2.24, 2.45) is 0 Å². The lowest BCUT2D eigenvalue weighted by atomic mass is 10.2. The fourth-order valence-electron chi connectivity index (χ4n) is 2.63. The Balaban J connectivity index is 2.38. The standard InChI is InChI=1S/C15H20ClNO2S/c1-3-10-17(13-6-4-5-7-13)20(18,19)14-9-8-12(2)15(16)11-14/h3,8-9,11,13H,1,4-7,10H2,2H3. The molecule has 2 rings (SSSR count). The minimum atomic E-state index is -3.51. The summed E-state index contributed by atoms with van der Waals surface area (Å²) >= 11 is 6.06. The van der Waals surface area contributed by atoms with Crippen molar-refractivity contribution < 1.29 is 8.42 Å². The van der Waals surface area contributed by atoms with Gasteiger partial charge in [-0.3, -0.25) is 0 Å². The number of halogens is 1. The van der Waals surface area contributed by atoms with Crippen LogP contribution in [0, 0.1) is 6.92 Å². The van der Waals surface area contributed by atoms with Gasteiger partial charge in [0.25, 0.3) is 0 Å². The maximum atomic E-state index is 12.8. The van der Waals surface area contributed by atoms with Crippen molar-refractivity contribution >= 4 is 21.6 Å². The highest BCUT2D eigenvalue weighted by atomic mass is 35.5. The van der Waals surface area contributed by atoms with E-state index in [9.17, 15) is 8.42 Å². The van der Waals surface area contributed by atoms with E-state index >= 15 is 0 Å². The Kier molecular flexibility index (Phi) is 4.89. The fraction of sp³-hybridized carbons (Fsp3) is 0.467. The molecule has 0 atom stereocenters. The van der Waals surface area contributed by atoms with E-state index in [4.69, 9.17) is 11.6 Å². The summed E-state index contributed by atoms with van der Waals surface area (Å²) in [6.45, 7) is 5.88. The molecule has 0 N–H and O–H groups in total. The lowest BCUT2D eigenvalue weighted by Crippen LogP contribution is -2.38. The predicted molar refractivity (Wildman–Crippen MR) is 82.5 cm³/mol. The van der Waals surface area contributed by atoms with E-state index in [1.54, 1.807) is 22.5 Å². The number of sulfonamides is 1. The molecular formula is C15H20ClNO2S. The largest absolute Gasteiger partial charge is 0.243 e. The van der Waals surface area contributed by atoms with Crippen LogP contribution >= 0.6 is 11.6 Å². The summed E-state index contributed by atoms with van der Waals surface area (Å²) in [5.74, 6) is 0. The number of hydrogen-bond acceptors (Lipinski definition) is 2. The normalized spacial score (nSPS) is 16.8. The van der Waals surface area contributed by atoms with Crippen LogP contribution in [0.15, 0.2) is 35.7 Å². The van der Waals surface area contributed by atoms with Gasteiger partial charge in [-0.05, 0) is 37.5 Å². The molecule has 0 unspecified atom stereocenters. The quantitative estimate of drug-likeness (QED) is 0.776. The topological polar surface area (TPSA) is 37.4 Å². The van der Waals surface area contributed by atoms with Crippen molar-refractivity contribution in [2.45, 2.75) is 43.5 Å². The van der Waals surface area contributed by atoms with Gasteiger partial charge in [-0.15, -0.1) is 6.58 Å². The lowest BCUT2D eigenvalue weighted by molar-refractivity contribution is 0.347. The molecule has 1 aromatic carbocycles. The van der Waals surface area contributed by atoms with Crippen LogP contribution in [-0.4, -0.2) is 25.3 Å². The van der Waals surface area contributed by atoms with Crippen LogP contribution in [0.5, 0.6) is 0 Å². The van der Waals surface area contributed by atoms with Crippen molar-refractivity contribution in [2.75, 3.05) is 6.54 Å². The second-order valence-electron chi connectivity index (χ2n) is 5.21. The summed E-state index contributed by atoms with van der Waals surface area (Å²) in [5.41, 5.74) is 0.877. The Morgan fingerprint density at radius 2 is 2.05 bits per heavy atom.